The van der Waals surface area contributed by atoms with Crippen LogP contribution in [0.4, 0.5) is 0 Å². The molecule has 0 spiro atoms. The van der Waals surface area contributed by atoms with E-state index in [2.05, 4.69) is 9.82 Å². The van der Waals surface area contributed by atoms with Crippen molar-refractivity contribution in [3.05, 3.63) is 36.2 Å². The topological polar surface area (TPSA) is 82.5 Å². The largest absolute Gasteiger partial charge is 0.493 e. The minimum atomic E-state index is -3.64. The average Bonchev–Trinajstić information content (AvgIpc) is 3.03. The summed E-state index contributed by atoms with van der Waals surface area (Å²) >= 11 is 0. The van der Waals surface area contributed by atoms with E-state index in [-0.39, 0.29) is 4.90 Å². The molecule has 1 unspecified atom stereocenters. The van der Waals surface area contributed by atoms with Crippen molar-refractivity contribution in [2.45, 2.75) is 31.3 Å². The molecule has 7 nitrogen and oxygen atoms in total. The van der Waals surface area contributed by atoms with E-state index in [1.54, 1.807) is 36.9 Å². The molecule has 8 heteroatoms. The van der Waals surface area contributed by atoms with Gasteiger partial charge in [-0.1, -0.05) is 6.07 Å². The first-order valence-electron chi connectivity index (χ1n) is 7.18. The molecule has 0 aliphatic carbocycles. The van der Waals surface area contributed by atoms with Gasteiger partial charge in [-0.25, -0.2) is 13.1 Å². The van der Waals surface area contributed by atoms with Crippen molar-refractivity contribution in [2.75, 3.05) is 14.2 Å². The molecule has 2 rings (SSSR count). The Morgan fingerprint density at radius 1 is 1.26 bits per heavy atom. The fourth-order valence-electron chi connectivity index (χ4n) is 2.15. The number of ether oxygens (including phenoxy) is 2. The number of sulfonamides is 1. The average molecular weight is 339 g/mol. The maximum absolute atomic E-state index is 12.4. The minimum Gasteiger partial charge on any atom is -0.493 e. The molecule has 1 N–H and O–H groups in total. The van der Waals surface area contributed by atoms with E-state index < -0.39 is 16.1 Å². The molecule has 1 aromatic heterocycles. The second kappa shape index (κ2) is 7.01. The van der Waals surface area contributed by atoms with Gasteiger partial charge >= 0.3 is 0 Å². The van der Waals surface area contributed by atoms with Gasteiger partial charge in [-0.2, -0.15) is 5.10 Å². The van der Waals surface area contributed by atoms with Gasteiger partial charge in [0.05, 0.1) is 20.4 Å². The van der Waals surface area contributed by atoms with Crippen molar-refractivity contribution in [1.29, 1.82) is 0 Å². The number of benzene rings is 1. The Morgan fingerprint density at radius 3 is 2.52 bits per heavy atom. The monoisotopic (exact) mass is 339 g/mol. The first kappa shape index (κ1) is 17.3. The van der Waals surface area contributed by atoms with E-state index in [0.29, 0.717) is 18.0 Å². The zero-order valence-corrected chi connectivity index (χ0v) is 14.4. The number of hydrogen-bond acceptors (Lipinski definition) is 5. The van der Waals surface area contributed by atoms with Gasteiger partial charge in [0.1, 0.15) is 4.90 Å². The van der Waals surface area contributed by atoms with Crippen LogP contribution in [0.3, 0.4) is 0 Å². The fourth-order valence-corrected chi connectivity index (χ4v) is 3.33. The lowest BCUT2D eigenvalue weighted by atomic mass is 10.1. The maximum atomic E-state index is 12.4. The van der Waals surface area contributed by atoms with Gasteiger partial charge in [-0.05, 0) is 31.5 Å². The normalized spacial score (nSPS) is 12.9. The number of aryl methyl sites for hydroxylation is 1. The third kappa shape index (κ3) is 3.83. The highest BCUT2D eigenvalue weighted by atomic mass is 32.2. The molecule has 0 amide bonds. The highest BCUT2D eigenvalue weighted by molar-refractivity contribution is 7.89. The van der Waals surface area contributed by atoms with Crippen molar-refractivity contribution >= 4 is 10.0 Å². The maximum Gasteiger partial charge on any atom is 0.244 e. The molecule has 0 fully saturated rings. The van der Waals surface area contributed by atoms with Crippen LogP contribution in [0, 0.1) is 0 Å². The van der Waals surface area contributed by atoms with E-state index >= 15 is 0 Å². The van der Waals surface area contributed by atoms with Crippen LogP contribution >= 0.6 is 0 Å². The molecule has 23 heavy (non-hydrogen) atoms. The molecule has 0 aliphatic heterocycles. The predicted molar refractivity (Wildman–Crippen MR) is 86.2 cm³/mol. The van der Waals surface area contributed by atoms with E-state index in [1.807, 2.05) is 6.92 Å². The minimum absolute atomic E-state index is 0.145. The lowest BCUT2D eigenvalue weighted by Gasteiger charge is -2.16. The van der Waals surface area contributed by atoms with Gasteiger partial charge in [-0.3, -0.25) is 4.68 Å². The number of nitrogens with zero attached hydrogens (tertiary/aromatic N) is 2. The van der Waals surface area contributed by atoms with Crippen LogP contribution in [-0.4, -0.2) is 32.4 Å². The van der Waals surface area contributed by atoms with Gasteiger partial charge in [0.2, 0.25) is 10.0 Å². The number of rotatable bonds is 7. The van der Waals surface area contributed by atoms with Crippen LogP contribution in [0.15, 0.2) is 35.5 Å². The summed E-state index contributed by atoms with van der Waals surface area (Å²) in [5, 5.41) is 3.99. The lowest BCUT2D eigenvalue weighted by Crippen LogP contribution is -2.26. The van der Waals surface area contributed by atoms with Gasteiger partial charge < -0.3 is 9.47 Å². The van der Waals surface area contributed by atoms with Gasteiger partial charge in [0.25, 0.3) is 0 Å². The van der Waals surface area contributed by atoms with Crippen molar-refractivity contribution in [2.24, 2.45) is 0 Å². The second-order valence-electron chi connectivity index (χ2n) is 4.99. The van der Waals surface area contributed by atoms with Crippen molar-refractivity contribution in [3.8, 4) is 11.5 Å². The quantitative estimate of drug-likeness (QED) is 0.834. The number of methoxy groups -OCH3 is 2. The highest BCUT2D eigenvalue weighted by Crippen LogP contribution is 2.30. The summed E-state index contributed by atoms with van der Waals surface area (Å²) in [4.78, 5) is 0.145. The van der Waals surface area contributed by atoms with Crippen LogP contribution in [-0.2, 0) is 16.6 Å². The van der Waals surface area contributed by atoms with Gasteiger partial charge in [0, 0.05) is 18.8 Å². The summed E-state index contributed by atoms with van der Waals surface area (Å²) in [5.74, 6) is 1.14. The highest BCUT2D eigenvalue weighted by Gasteiger charge is 2.21. The first-order valence-corrected chi connectivity index (χ1v) is 8.66. The number of aromatic nitrogens is 2. The predicted octanol–water partition coefficient (Wildman–Crippen LogP) is 1.96. The second-order valence-corrected chi connectivity index (χ2v) is 6.70. The zero-order chi connectivity index (χ0) is 17.0. The van der Waals surface area contributed by atoms with Crippen LogP contribution in [0.25, 0.3) is 0 Å². The van der Waals surface area contributed by atoms with Gasteiger partial charge in [0.15, 0.2) is 11.5 Å². The third-order valence-electron chi connectivity index (χ3n) is 3.48. The summed E-state index contributed by atoms with van der Waals surface area (Å²) < 4.78 is 39.4. The molecule has 1 aromatic carbocycles. The molecule has 0 radical (unpaired) electrons. The lowest BCUT2D eigenvalue weighted by molar-refractivity contribution is 0.354. The molecule has 1 atom stereocenters. The summed E-state index contributed by atoms with van der Waals surface area (Å²) in [6, 6.07) is 4.87. The Labute approximate surface area is 136 Å². The van der Waals surface area contributed by atoms with Crippen molar-refractivity contribution < 1.29 is 17.9 Å². The first-order chi connectivity index (χ1) is 10.9. The standard InChI is InChI=1S/C15H21N3O4S/c1-5-18-10-13(9-16-18)23(19,20)17-11(2)12-6-7-14(21-3)15(8-12)22-4/h6-11,17H,5H2,1-4H3. The van der Waals surface area contributed by atoms with E-state index in [1.165, 1.54) is 19.5 Å². The van der Waals surface area contributed by atoms with Crippen molar-refractivity contribution in [3.63, 3.8) is 0 Å². The van der Waals surface area contributed by atoms with E-state index in [0.717, 1.165) is 5.56 Å². The molecular weight excluding hydrogens is 318 g/mol. The van der Waals surface area contributed by atoms with Gasteiger partial charge in [-0.15, -0.1) is 0 Å². The van der Waals surface area contributed by atoms with Crippen LogP contribution in [0.5, 0.6) is 11.5 Å². The van der Waals surface area contributed by atoms with Crippen molar-refractivity contribution in [1.82, 2.24) is 14.5 Å². The number of hydrogen-bond donors (Lipinski definition) is 1. The molecule has 2 aromatic rings. The molecule has 0 aliphatic rings. The van der Waals surface area contributed by atoms with Crippen LogP contribution in [0.1, 0.15) is 25.5 Å². The zero-order valence-electron chi connectivity index (χ0n) is 13.6. The number of nitrogens with one attached hydrogen (secondary N) is 1. The Kier molecular flexibility index (Phi) is 5.27. The summed E-state index contributed by atoms with van der Waals surface area (Å²) in [6.45, 7) is 4.27. The van der Waals surface area contributed by atoms with Crippen LogP contribution < -0.4 is 14.2 Å². The summed E-state index contributed by atoms with van der Waals surface area (Å²) in [7, 11) is -0.550. The Bertz CT molecular complexity index is 771. The molecule has 0 bridgehead atoms. The third-order valence-corrected chi connectivity index (χ3v) is 4.98. The molecule has 0 saturated carbocycles. The Morgan fingerprint density at radius 2 is 1.96 bits per heavy atom. The summed E-state index contributed by atoms with van der Waals surface area (Å²) in [5.41, 5.74) is 0.772. The molecular formula is C15H21N3O4S. The molecule has 0 saturated heterocycles. The SMILES string of the molecule is CCn1cc(S(=O)(=O)NC(C)c2ccc(OC)c(OC)c2)cn1. The smallest absolute Gasteiger partial charge is 0.244 e. The van der Waals surface area contributed by atoms with E-state index in [4.69, 9.17) is 9.47 Å². The Balaban J connectivity index is 2.22. The summed E-state index contributed by atoms with van der Waals surface area (Å²) in [6.07, 6.45) is 2.84. The molecule has 126 valence electrons. The molecule has 1 heterocycles. The van der Waals surface area contributed by atoms with E-state index in [9.17, 15) is 8.42 Å². The Hall–Kier alpha value is -2.06. The van der Waals surface area contributed by atoms with Crippen LogP contribution in [0.2, 0.25) is 0 Å². The fraction of sp³-hybridized carbons (Fsp3) is 0.400.